The van der Waals surface area contributed by atoms with Gasteiger partial charge in [0.2, 0.25) is 5.91 Å². The number of hydrogen-bond acceptors (Lipinski definition) is 3. The van der Waals surface area contributed by atoms with E-state index in [2.05, 4.69) is 10.3 Å². The minimum absolute atomic E-state index is 0.0469. The van der Waals surface area contributed by atoms with Gasteiger partial charge in [0.25, 0.3) is 0 Å². The van der Waals surface area contributed by atoms with Crippen LogP contribution < -0.4 is 10.2 Å². The van der Waals surface area contributed by atoms with E-state index in [1.54, 1.807) is 11.9 Å². The molecule has 2 heterocycles. The van der Waals surface area contributed by atoms with Crippen molar-refractivity contribution in [1.82, 2.24) is 4.98 Å². The lowest BCUT2D eigenvalue weighted by molar-refractivity contribution is -0.116. The summed E-state index contributed by atoms with van der Waals surface area (Å²) in [6, 6.07) is 3.87. The molecule has 1 aromatic rings. The van der Waals surface area contributed by atoms with Crippen LogP contribution in [0.3, 0.4) is 0 Å². The van der Waals surface area contributed by atoms with Crippen molar-refractivity contribution in [2.75, 3.05) is 23.8 Å². The Morgan fingerprint density at radius 1 is 1.54 bits per heavy atom. The Bertz CT molecular complexity index is 362. The number of carbonyl (C=O) groups excluding carboxylic acids is 1. The van der Waals surface area contributed by atoms with E-state index in [9.17, 15) is 4.79 Å². The molecule has 0 unspecified atom stereocenters. The van der Waals surface area contributed by atoms with E-state index in [0.29, 0.717) is 6.54 Å². The van der Waals surface area contributed by atoms with E-state index < -0.39 is 0 Å². The number of anilines is 2. The molecular formula is C9H11N3O. The number of rotatable bonds is 0. The number of likely N-dealkylation sites (N-methyl/N-ethyl adjacent to an activating group) is 1. The van der Waals surface area contributed by atoms with Crippen molar-refractivity contribution in [2.45, 2.75) is 6.92 Å². The van der Waals surface area contributed by atoms with Gasteiger partial charge in [-0.25, -0.2) is 4.98 Å². The minimum Gasteiger partial charge on any atom is -0.373 e. The van der Waals surface area contributed by atoms with Crippen LogP contribution in [0.2, 0.25) is 0 Å². The van der Waals surface area contributed by atoms with Gasteiger partial charge in [0.05, 0.1) is 12.2 Å². The highest BCUT2D eigenvalue weighted by atomic mass is 16.2. The maximum atomic E-state index is 11.3. The number of nitrogens with zero attached hydrogens (tertiary/aromatic N) is 2. The van der Waals surface area contributed by atoms with Gasteiger partial charge < -0.3 is 5.32 Å². The Morgan fingerprint density at radius 2 is 2.31 bits per heavy atom. The molecule has 0 radical (unpaired) electrons. The van der Waals surface area contributed by atoms with Gasteiger partial charge in [-0.15, -0.1) is 0 Å². The molecule has 0 atom stereocenters. The van der Waals surface area contributed by atoms with Crippen LogP contribution in [-0.4, -0.2) is 24.5 Å². The second-order valence-corrected chi connectivity index (χ2v) is 3.13. The summed E-state index contributed by atoms with van der Waals surface area (Å²) in [7, 11) is 1.74. The zero-order valence-electron chi connectivity index (χ0n) is 7.66. The lowest BCUT2D eigenvalue weighted by Crippen LogP contribution is -2.37. The minimum atomic E-state index is 0.0469. The van der Waals surface area contributed by atoms with Crippen molar-refractivity contribution >= 4 is 17.4 Å². The first kappa shape index (κ1) is 8.04. The highest BCUT2D eigenvalue weighted by Gasteiger charge is 2.21. The number of carbonyl (C=O) groups is 1. The number of aryl methyl sites for hydroxylation is 1. The van der Waals surface area contributed by atoms with Gasteiger partial charge in [-0.1, -0.05) is 0 Å². The molecule has 0 aromatic carbocycles. The van der Waals surface area contributed by atoms with Crippen molar-refractivity contribution in [1.29, 1.82) is 0 Å². The average molecular weight is 177 g/mol. The summed E-state index contributed by atoms with van der Waals surface area (Å²) in [5.41, 5.74) is 1.84. The summed E-state index contributed by atoms with van der Waals surface area (Å²) >= 11 is 0. The highest BCUT2D eigenvalue weighted by molar-refractivity contribution is 6.00. The second-order valence-electron chi connectivity index (χ2n) is 3.13. The Morgan fingerprint density at radius 3 is 3.08 bits per heavy atom. The van der Waals surface area contributed by atoms with Gasteiger partial charge in [-0.2, -0.15) is 0 Å². The van der Waals surface area contributed by atoms with Crippen LogP contribution in [0.15, 0.2) is 12.1 Å². The van der Waals surface area contributed by atoms with Crippen molar-refractivity contribution < 1.29 is 4.79 Å². The first-order chi connectivity index (χ1) is 6.18. The Kier molecular flexibility index (Phi) is 1.69. The molecule has 1 aliphatic heterocycles. The third kappa shape index (κ3) is 1.24. The molecule has 0 fully saturated rings. The van der Waals surface area contributed by atoms with E-state index in [1.165, 1.54) is 0 Å². The molecule has 0 aliphatic carbocycles. The lowest BCUT2D eigenvalue weighted by atomic mass is 10.2. The van der Waals surface area contributed by atoms with Crippen molar-refractivity contribution in [3.05, 3.63) is 17.8 Å². The Balaban J connectivity index is 2.51. The molecule has 0 saturated carbocycles. The fraction of sp³-hybridized carbons (Fsp3) is 0.333. The molecule has 1 aromatic heterocycles. The maximum absolute atomic E-state index is 11.3. The highest BCUT2D eigenvalue weighted by Crippen LogP contribution is 2.25. The molecule has 4 nitrogen and oxygen atoms in total. The quantitative estimate of drug-likeness (QED) is 0.637. The fourth-order valence-electron chi connectivity index (χ4n) is 1.34. The third-order valence-electron chi connectivity index (χ3n) is 2.14. The lowest BCUT2D eigenvalue weighted by Gasteiger charge is -2.25. The Hall–Kier alpha value is -1.58. The number of nitrogens with one attached hydrogen (secondary N) is 1. The van der Waals surface area contributed by atoms with E-state index in [-0.39, 0.29) is 5.91 Å². The summed E-state index contributed by atoms with van der Waals surface area (Å²) in [5.74, 6) is 0.766. The SMILES string of the molecule is Cc1ccc2c(n1)N(C)C(=O)CN2. The second kappa shape index (κ2) is 2.73. The van der Waals surface area contributed by atoms with Crippen LogP contribution in [0, 0.1) is 6.92 Å². The van der Waals surface area contributed by atoms with E-state index in [0.717, 1.165) is 17.2 Å². The first-order valence-corrected chi connectivity index (χ1v) is 4.16. The standard InChI is InChI=1S/C9H11N3O/c1-6-3-4-7-9(11-6)12(2)8(13)5-10-7/h3-4,10H,5H2,1-2H3. The normalized spacial score (nSPS) is 15.2. The third-order valence-corrected chi connectivity index (χ3v) is 2.14. The van der Waals surface area contributed by atoms with Crippen LogP contribution in [0.4, 0.5) is 11.5 Å². The molecule has 0 spiro atoms. The Labute approximate surface area is 76.6 Å². The van der Waals surface area contributed by atoms with Crippen molar-refractivity contribution in [3.8, 4) is 0 Å². The molecule has 68 valence electrons. The monoisotopic (exact) mass is 177 g/mol. The van der Waals surface area contributed by atoms with Gasteiger partial charge in [0.15, 0.2) is 5.82 Å². The molecule has 13 heavy (non-hydrogen) atoms. The van der Waals surface area contributed by atoms with Crippen molar-refractivity contribution in [2.24, 2.45) is 0 Å². The predicted octanol–water partition coefficient (Wildman–Crippen LogP) is 0.778. The summed E-state index contributed by atoms with van der Waals surface area (Å²) in [6.45, 7) is 2.27. The van der Waals surface area contributed by atoms with Gasteiger partial charge in [0, 0.05) is 12.7 Å². The topological polar surface area (TPSA) is 45.2 Å². The summed E-state index contributed by atoms with van der Waals surface area (Å²) in [6.07, 6.45) is 0. The summed E-state index contributed by atoms with van der Waals surface area (Å²) in [5, 5.41) is 3.02. The van der Waals surface area contributed by atoms with E-state index in [1.807, 2.05) is 19.1 Å². The average Bonchev–Trinajstić information content (AvgIpc) is 2.12. The molecule has 0 bridgehead atoms. The maximum Gasteiger partial charge on any atom is 0.247 e. The van der Waals surface area contributed by atoms with Gasteiger partial charge >= 0.3 is 0 Å². The van der Waals surface area contributed by atoms with Crippen LogP contribution in [0.25, 0.3) is 0 Å². The van der Waals surface area contributed by atoms with Crippen LogP contribution in [0.5, 0.6) is 0 Å². The number of pyridine rings is 1. The van der Waals surface area contributed by atoms with Gasteiger partial charge in [-0.3, -0.25) is 9.69 Å². The molecule has 0 saturated heterocycles. The predicted molar refractivity (Wildman–Crippen MR) is 50.9 cm³/mol. The zero-order valence-corrected chi connectivity index (χ0v) is 7.66. The van der Waals surface area contributed by atoms with Crippen LogP contribution >= 0.6 is 0 Å². The summed E-state index contributed by atoms with van der Waals surface area (Å²) < 4.78 is 0. The largest absolute Gasteiger partial charge is 0.373 e. The zero-order chi connectivity index (χ0) is 9.42. The molecule has 1 amide bonds. The number of aromatic nitrogens is 1. The smallest absolute Gasteiger partial charge is 0.247 e. The number of amides is 1. The van der Waals surface area contributed by atoms with Crippen LogP contribution in [-0.2, 0) is 4.79 Å². The van der Waals surface area contributed by atoms with E-state index in [4.69, 9.17) is 0 Å². The molecule has 4 heteroatoms. The van der Waals surface area contributed by atoms with Crippen molar-refractivity contribution in [3.63, 3.8) is 0 Å². The number of fused-ring (bicyclic) bond motifs is 1. The summed E-state index contributed by atoms with van der Waals surface area (Å²) in [4.78, 5) is 17.2. The van der Waals surface area contributed by atoms with Crippen LogP contribution in [0.1, 0.15) is 5.69 Å². The molecule has 2 rings (SSSR count). The first-order valence-electron chi connectivity index (χ1n) is 4.16. The molecular weight excluding hydrogens is 166 g/mol. The van der Waals surface area contributed by atoms with Gasteiger partial charge in [0.1, 0.15) is 0 Å². The number of hydrogen-bond donors (Lipinski definition) is 1. The van der Waals surface area contributed by atoms with Gasteiger partial charge in [-0.05, 0) is 19.1 Å². The molecule has 1 N–H and O–H groups in total. The molecule has 1 aliphatic rings. The van der Waals surface area contributed by atoms with E-state index >= 15 is 0 Å². The fourth-order valence-corrected chi connectivity index (χ4v) is 1.34.